The summed E-state index contributed by atoms with van der Waals surface area (Å²) in [7, 11) is 1.61. The topological polar surface area (TPSA) is 59.6 Å². The molecule has 0 aliphatic carbocycles. The Morgan fingerprint density at radius 2 is 1.96 bits per heavy atom. The number of oxime groups is 1. The summed E-state index contributed by atoms with van der Waals surface area (Å²) in [6, 6.07) is 14.1. The first kappa shape index (κ1) is 17.9. The zero-order chi connectivity index (χ0) is 18.5. The van der Waals surface area contributed by atoms with E-state index >= 15 is 0 Å². The minimum absolute atomic E-state index is 0.0858. The van der Waals surface area contributed by atoms with Gasteiger partial charge in [-0.3, -0.25) is 4.68 Å². The van der Waals surface area contributed by atoms with Gasteiger partial charge in [0.05, 0.1) is 24.9 Å². The van der Waals surface area contributed by atoms with Gasteiger partial charge in [-0.1, -0.05) is 47.1 Å². The number of ether oxygens (including phenoxy) is 1. The van der Waals surface area contributed by atoms with Crippen molar-refractivity contribution in [2.45, 2.75) is 13.0 Å². The fourth-order valence-electron chi connectivity index (χ4n) is 2.64. The van der Waals surface area contributed by atoms with Crippen molar-refractivity contribution in [1.82, 2.24) is 9.78 Å². The second-order valence-electron chi connectivity index (χ2n) is 5.69. The van der Waals surface area contributed by atoms with E-state index < -0.39 is 0 Å². The third-order valence-corrected chi connectivity index (χ3v) is 4.25. The Morgan fingerprint density at radius 1 is 1.23 bits per heavy atom. The van der Waals surface area contributed by atoms with Crippen molar-refractivity contribution in [3.63, 3.8) is 0 Å². The maximum Gasteiger partial charge on any atom is 0.178 e. The molecule has 5 nitrogen and oxygen atoms in total. The molecule has 134 valence electrons. The molecule has 0 spiro atoms. The Balaban J connectivity index is 1.90. The number of methoxy groups -OCH3 is 1. The molecule has 1 aromatic heterocycles. The third kappa shape index (κ3) is 4.03. The van der Waals surface area contributed by atoms with Crippen molar-refractivity contribution in [1.29, 1.82) is 0 Å². The van der Waals surface area contributed by atoms with Crippen molar-refractivity contribution in [3.05, 3.63) is 82.9 Å². The largest absolute Gasteiger partial charge is 0.497 e. The molecule has 0 saturated carbocycles. The van der Waals surface area contributed by atoms with E-state index in [2.05, 4.69) is 10.3 Å². The quantitative estimate of drug-likeness (QED) is 0.403. The molecule has 1 N–H and O–H groups in total. The molecule has 0 aliphatic heterocycles. The molecule has 3 aromatic rings. The van der Waals surface area contributed by atoms with Gasteiger partial charge in [0.25, 0.3) is 0 Å². The first-order valence-corrected chi connectivity index (χ1v) is 8.29. The molecule has 0 unspecified atom stereocenters. The lowest BCUT2D eigenvalue weighted by atomic mass is 10.1. The van der Waals surface area contributed by atoms with Gasteiger partial charge in [0.2, 0.25) is 0 Å². The van der Waals surface area contributed by atoms with Gasteiger partial charge in [0, 0.05) is 12.6 Å². The molecular formula is C19H17ClFN3O2. The highest BCUT2D eigenvalue weighted by Crippen LogP contribution is 2.19. The lowest BCUT2D eigenvalue weighted by Crippen LogP contribution is -2.02. The fraction of sp³-hybridized carbons (Fsp3) is 0.158. The average Bonchev–Trinajstić information content (AvgIpc) is 3.06. The predicted octanol–water partition coefficient (Wildman–Crippen LogP) is 4.04. The van der Waals surface area contributed by atoms with Crippen LogP contribution in [0, 0.1) is 5.82 Å². The summed E-state index contributed by atoms with van der Waals surface area (Å²) in [5, 5.41) is 16.5. The summed E-state index contributed by atoms with van der Waals surface area (Å²) in [6.45, 7) is 0.490. The predicted molar refractivity (Wildman–Crippen MR) is 97.7 cm³/mol. The van der Waals surface area contributed by atoms with E-state index in [-0.39, 0.29) is 17.4 Å². The monoisotopic (exact) mass is 373 g/mol. The highest BCUT2D eigenvalue weighted by Gasteiger charge is 2.16. The summed E-state index contributed by atoms with van der Waals surface area (Å²) in [6.07, 6.45) is 1.92. The SMILES string of the molecule is COc1ccc(Cn2cc(C(Cl)=NO)c(Cc3ccccc3F)n2)cc1. The molecule has 7 heteroatoms. The van der Waals surface area contributed by atoms with Crippen LogP contribution in [0.3, 0.4) is 0 Å². The van der Waals surface area contributed by atoms with Gasteiger partial charge >= 0.3 is 0 Å². The molecule has 0 bridgehead atoms. The molecule has 0 radical (unpaired) electrons. The molecule has 2 aromatic carbocycles. The lowest BCUT2D eigenvalue weighted by Gasteiger charge is -2.04. The summed E-state index contributed by atoms with van der Waals surface area (Å²) in [5.74, 6) is 0.450. The fourth-order valence-corrected chi connectivity index (χ4v) is 2.80. The molecule has 1 heterocycles. The highest BCUT2D eigenvalue weighted by molar-refractivity contribution is 6.69. The van der Waals surface area contributed by atoms with E-state index in [0.717, 1.165) is 11.3 Å². The Hall–Kier alpha value is -2.86. The van der Waals surface area contributed by atoms with Crippen LogP contribution >= 0.6 is 11.6 Å². The maximum absolute atomic E-state index is 14.0. The van der Waals surface area contributed by atoms with E-state index in [9.17, 15) is 4.39 Å². The normalized spacial score (nSPS) is 11.6. The Morgan fingerprint density at radius 3 is 2.62 bits per heavy atom. The molecule has 0 atom stereocenters. The first-order chi connectivity index (χ1) is 12.6. The van der Waals surface area contributed by atoms with Gasteiger partial charge in [0.15, 0.2) is 5.17 Å². The first-order valence-electron chi connectivity index (χ1n) is 7.91. The minimum atomic E-state index is -0.319. The maximum atomic E-state index is 14.0. The molecule has 26 heavy (non-hydrogen) atoms. The number of aromatic nitrogens is 2. The van der Waals surface area contributed by atoms with Crippen LogP contribution in [0.2, 0.25) is 0 Å². The van der Waals surface area contributed by atoms with E-state index in [1.165, 1.54) is 6.07 Å². The number of hydrogen-bond acceptors (Lipinski definition) is 4. The average molecular weight is 374 g/mol. The number of nitrogens with zero attached hydrogens (tertiary/aromatic N) is 3. The zero-order valence-electron chi connectivity index (χ0n) is 14.1. The zero-order valence-corrected chi connectivity index (χ0v) is 14.8. The molecule has 0 fully saturated rings. The van der Waals surface area contributed by atoms with Crippen molar-refractivity contribution >= 4 is 16.8 Å². The van der Waals surface area contributed by atoms with Gasteiger partial charge in [-0.2, -0.15) is 5.10 Å². The summed E-state index contributed by atoms with van der Waals surface area (Å²) in [4.78, 5) is 0. The standard InChI is InChI=1S/C19H17ClFN3O2/c1-26-15-8-6-13(7-9-15)11-24-12-16(19(20)23-25)18(22-24)10-14-4-2-3-5-17(14)21/h2-9,12,25H,10-11H2,1H3. The van der Waals surface area contributed by atoms with Gasteiger partial charge in [0.1, 0.15) is 11.6 Å². The van der Waals surface area contributed by atoms with Crippen molar-refractivity contribution in [2.24, 2.45) is 5.16 Å². The van der Waals surface area contributed by atoms with Crippen LogP contribution in [0.15, 0.2) is 59.9 Å². The van der Waals surface area contributed by atoms with E-state index in [0.29, 0.717) is 23.4 Å². The van der Waals surface area contributed by atoms with E-state index in [1.54, 1.807) is 36.2 Å². The lowest BCUT2D eigenvalue weighted by molar-refractivity contribution is 0.321. The second kappa shape index (κ2) is 8.01. The number of halogens is 2. The molecule has 0 saturated heterocycles. The van der Waals surface area contributed by atoms with Gasteiger partial charge in [-0.25, -0.2) is 4.39 Å². The van der Waals surface area contributed by atoms with Crippen molar-refractivity contribution < 1.29 is 14.3 Å². The van der Waals surface area contributed by atoms with Gasteiger partial charge in [-0.05, 0) is 29.3 Å². The van der Waals surface area contributed by atoms with Crippen LogP contribution < -0.4 is 4.74 Å². The van der Waals surface area contributed by atoms with Crippen molar-refractivity contribution in [3.8, 4) is 5.75 Å². The highest BCUT2D eigenvalue weighted by atomic mass is 35.5. The third-order valence-electron chi connectivity index (χ3n) is 3.97. The van der Waals surface area contributed by atoms with Gasteiger partial charge < -0.3 is 9.94 Å². The van der Waals surface area contributed by atoms with Gasteiger partial charge in [-0.15, -0.1) is 0 Å². The molecule has 3 rings (SSSR count). The Labute approximate surface area is 155 Å². The van der Waals surface area contributed by atoms with Crippen LogP contribution in [0.4, 0.5) is 4.39 Å². The van der Waals surface area contributed by atoms with E-state index in [1.807, 2.05) is 24.3 Å². The summed E-state index contributed by atoms with van der Waals surface area (Å²) in [5.41, 5.74) is 2.50. The second-order valence-corrected chi connectivity index (χ2v) is 6.05. The van der Waals surface area contributed by atoms with Crippen LogP contribution in [0.5, 0.6) is 5.75 Å². The molecule has 0 amide bonds. The number of benzene rings is 2. The molecular weight excluding hydrogens is 357 g/mol. The van der Waals surface area contributed by atoms with Crippen LogP contribution in [-0.2, 0) is 13.0 Å². The number of rotatable bonds is 6. The van der Waals surface area contributed by atoms with Crippen LogP contribution in [0.25, 0.3) is 0 Å². The summed E-state index contributed by atoms with van der Waals surface area (Å²) < 4.78 is 20.8. The Bertz CT molecular complexity index is 923. The van der Waals surface area contributed by atoms with Crippen LogP contribution in [0.1, 0.15) is 22.4 Å². The Kier molecular flexibility index (Phi) is 5.53. The summed E-state index contributed by atoms with van der Waals surface area (Å²) >= 11 is 5.99. The van der Waals surface area contributed by atoms with E-state index in [4.69, 9.17) is 21.5 Å². The number of hydrogen-bond donors (Lipinski definition) is 1. The van der Waals surface area contributed by atoms with Crippen LogP contribution in [-0.4, -0.2) is 27.3 Å². The smallest absolute Gasteiger partial charge is 0.178 e. The van der Waals surface area contributed by atoms with Crippen molar-refractivity contribution in [2.75, 3.05) is 7.11 Å². The minimum Gasteiger partial charge on any atom is -0.497 e. The molecule has 0 aliphatic rings.